The third kappa shape index (κ3) is 2.71. The van der Waals surface area contributed by atoms with Gasteiger partial charge in [0.25, 0.3) is 5.56 Å². The van der Waals surface area contributed by atoms with Crippen LogP contribution in [0.4, 0.5) is 10.3 Å². The van der Waals surface area contributed by atoms with Gasteiger partial charge in [-0.05, 0) is 0 Å². The molecule has 10 nitrogen and oxygen atoms in total. The second kappa shape index (κ2) is 5.69. The number of nitrogen functional groups attached to an aromatic ring is 1. The van der Waals surface area contributed by atoms with Crippen LogP contribution in [0.3, 0.4) is 0 Å². The number of aromatic nitrogens is 4. The maximum absolute atomic E-state index is 13.9. The topological polar surface area (TPSA) is 145 Å². The average Bonchev–Trinajstić information content (AvgIpc) is 3.00. The van der Waals surface area contributed by atoms with E-state index in [2.05, 4.69) is 19.5 Å². The Balaban J connectivity index is 1.86. The Kier molecular flexibility index (Phi) is 3.87. The Morgan fingerprint density at radius 3 is 3.18 bits per heavy atom. The molecule has 0 aromatic carbocycles. The highest BCUT2D eigenvalue weighted by molar-refractivity contribution is 7.32. The van der Waals surface area contributed by atoms with Crippen LogP contribution in [0.15, 0.2) is 11.1 Å². The number of fused-ring (bicyclic) bond motifs is 1. The lowest BCUT2D eigenvalue weighted by atomic mass is 10.2. The zero-order valence-electron chi connectivity index (χ0n) is 11.0. The first kappa shape index (κ1) is 15.0. The van der Waals surface area contributed by atoms with E-state index in [0.717, 1.165) is 0 Å². The third-order valence-electron chi connectivity index (χ3n) is 3.27. The lowest BCUT2D eigenvalue weighted by molar-refractivity contribution is -0.0275. The predicted molar refractivity (Wildman–Crippen MR) is 71.8 cm³/mol. The highest BCUT2D eigenvalue weighted by Gasteiger charge is 2.39. The molecule has 0 aliphatic carbocycles. The number of rotatable bonds is 4. The molecule has 1 aliphatic rings. The van der Waals surface area contributed by atoms with Crippen molar-refractivity contribution < 1.29 is 23.1 Å². The van der Waals surface area contributed by atoms with Crippen molar-refractivity contribution in [1.82, 2.24) is 19.5 Å². The van der Waals surface area contributed by atoms with Crippen LogP contribution < -0.4 is 11.3 Å². The molecule has 4 N–H and O–H groups in total. The minimum Gasteiger partial charge on any atom is -0.369 e. The summed E-state index contributed by atoms with van der Waals surface area (Å²) in [5.41, 5.74) is 5.21. The number of hydrogen-bond donors (Lipinski definition) is 3. The first-order chi connectivity index (χ1) is 10.5. The van der Waals surface area contributed by atoms with E-state index in [1.165, 1.54) is 10.9 Å². The Morgan fingerprint density at radius 1 is 1.68 bits per heavy atom. The van der Waals surface area contributed by atoms with Crippen LogP contribution in [-0.2, 0) is 13.8 Å². The molecule has 1 saturated heterocycles. The number of halogens is 1. The normalized spacial score (nSPS) is 25.7. The molecule has 0 radical (unpaired) electrons. The summed E-state index contributed by atoms with van der Waals surface area (Å²) in [6, 6.07) is 0. The van der Waals surface area contributed by atoms with Crippen LogP contribution in [0.25, 0.3) is 11.2 Å². The quantitative estimate of drug-likeness (QED) is 0.663. The van der Waals surface area contributed by atoms with Crippen molar-refractivity contribution in [2.45, 2.75) is 24.9 Å². The molecule has 1 fully saturated rings. The van der Waals surface area contributed by atoms with E-state index in [4.69, 9.17) is 15.4 Å². The lowest BCUT2D eigenvalue weighted by Crippen LogP contribution is -2.22. The van der Waals surface area contributed by atoms with E-state index in [-0.39, 0.29) is 30.1 Å². The van der Waals surface area contributed by atoms with Gasteiger partial charge in [0, 0.05) is 11.0 Å². The Bertz CT molecular complexity index is 779. The second-order valence-electron chi connectivity index (χ2n) is 4.69. The SMILES string of the molecule is Nc1nc2c(ncn2[C@H]2C[C@@H](F)[C@@H](CO[P+](=O)O)O2)c(=O)[nH]1. The number of anilines is 1. The number of nitrogens with two attached hydrogens (primary N) is 1. The van der Waals surface area contributed by atoms with Gasteiger partial charge in [-0.15, -0.1) is 9.42 Å². The van der Waals surface area contributed by atoms with Gasteiger partial charge in [0.05, 0.1) is 6.33 Å². The van der Waals surface area contributed by atoms with E-state index in [1.807, 2.05) is 0 Å². The number of ether oxygens (including phenoxy) is 1. The second-order valence-corrected chi connectivity index (χ2v) is 5.42. The van der Waals surface area contributed by atoms with Crippen LogP contribution in [0.2, 0.25) is 0 Å². The number of imidazole rings is 1. The molecule has 118 valence electrons. The van der Waals surface area contributed by atoms with E-state index in [1.54, 1.807) is 0 Å². The maximum Gasteiger partial charge on any atom is 0.694 e. The minimum atomic E-state index is -2.82. The monoisotopic (exact) mass is 332 g/mol. The number of alkyl halides is 1. The molecule has 0 saturated carbocycles. The van der Waals surface area contributed by atoms with Crippen molar-refractivity contribution in [3.63, 3.8) is 0 Å². The average molecular weight is 332 g/mol. The van der Waals surface area contributed by atoms with Crippen molar-refractivity contribution in [2.75, 3.05) is 12.3 Å². The van der Waals surface area contributed by atoms with Gasteiger partial charge in [0.2, 0.25) is 5.95 Å². The van der Waals surface area contributed by atoms with Crippen molar-refractivity contribution >= 4 is 25.4 Å². The summed E-state index contributed by atoms with van der Waals surface area (Å²) in [7, 11) is -2.82. The predicted octanol–water partition coefficient (Wildman–Crippen LogP) is -0.00630. The molecule has 0 amide bonds. The first-order valence-corrected chi connectivity index (χ1v) is 7.39. The van der Waals surface area contributed by atoms with Gasteiger partial charge < -0.3 is 10.5 Å². The zero-order chi connectivity index (χ0) is 15.9. The number of nitrogens with one attached hydrogen (secondary N) is 1. The third-order valence-corrected chi connectivity index (χ3v) is 3.64. The fourth-order valence-electron chi connectivity index (χ4n) is 2.30. The highest BCUT2D eigenvalue weighted by Crippen LogP contribution is 2.33. The molecule has 0 spiro atoms. The van der Waals surface area contributed by atoms with Gasteiger partial charge in [0.15, 0.2) is 11.2 Å². The molecule has 3 rings (SSSR count). The molecule has 4 atom stereocenters. The first-order valence-electron chi connectivity index (χ1n) is 6.26. The van der Waals surface area contributed by atoms with Crippen molar-refractivity contribution in [1.29, 1.82) is 0 Å². The van der Waals surface area contributed by atoms with Gasteiger partial charge in [-0.1, -0.05) is 0 Å². The molecule has 3 heterocycles. The van der Waals surface area contributed by atoms with Gasteiger partial charge in [-0.25, -0.2) is 9.37 Å². The molecule has 1 aliphatic heterocycles. The molecule has 2 aromatic rings. The Hall–Kier alpha value is -1.94. The van der Waals surface area contributed by atoms with Crippen molar-refractivity contribution in [3.8, 4) is 0 Å². The van der Waals surface area contributed by atoms with Gasteiger partial charge in [-0.2, -0.15) is 4.98 Å². The summed E-state index contributed by atoms with van der Waals surface area (Å²) < 4.78 is 35.7. The standard InChI is InChI=1S/C10H11FN5O5P/c11-4-1-6(21-5(4)2-20-22(18)19)16-3-13-7-8(16)14-10(12)15-9(7)17/h3-6H,1-2H2,(H3-,12,14,15,17,18,19)/p+1/t4-,5-,6-/m1/s1. The summed E-state index contributed by atoms with van der Waals surface area (Å²) in [5, 5.41) is 0. The van der Waals surface area contributed by atoms with Crippen LogP contribution in [-0.4, -0.2) is 43.3 Å². The number of H-pyrrole nitrogens is 1. The maximum atomic E-state index is 13.9. The number of nitrogens with zero attached hydrogens (tertiary/aromatic N) is 3. The van der Waals surface area contributed by atoms with Crippen LogP contribution in [0.5, 0.6) is 0 Å². The van der Waals surface area contributed by atoms with Gasteiger partial charge in [-0.3, -0.25) is 14.3 Å². The van der Waals surface area contributed by atoms with Crippen LogP contribution >= 0.6 is 8.25 Å². The number of hydrogen-bond acceptors (Lipinski definition) is 7. The van der Waals surface area contributed by atoms with Crippen molar-refractivity contribution in [2.24, 2.45) is 0 Å². The summed E-state index contributed by atoms with van der Waals surface area (Å²) in [4.78, 5) is 30.5. The van der Waals surface area contributed by atoms with E-state index < -0.39 is 32.3 Å². The molecular weight excluding hydrogens is 320 g/mol. The fourth-order valence-corrected chi connectivity index (χ4v) is 2.58. The van der Waals surface area contributed by atoms with Gasteiger partial charge in [0.1, 0.15) is 25.1 Å². The van der Waals surface area contributed by atoms with Crippen LogP contribution in [0.1, 0.15) is 12.6 Å². The molecule has 1 unspecified atom stereocenters. The van der Waals surface area contributed by atoms with Crippen LogP contribution in [0, 0.1) is 0 Å². The smallest absolute Gasteiger partial charge is 0.369 e. The van der Waals surface area contributed by atoms with E-state index >= 15 is 0 Å². The van der Waals surface area contributed by atoms with E-state index in [0.29, 0.717) is 0 Å². The highest BCUT2D eigenvalue weighted by atomic mass is 31.1. The molecule has 2 aromatic heterocycles. The van der Waals surface area contributed by atoms with E-state index in [9.17, 15) is 13.8 Å². The number of aromatic amines is 1. The molecular formula is C10H12FN5O5P+. The van der Waals surface area contributed by atoms with Crippen molar-refractivity contribution in [3.05, 3.63) is 16.7 Å². The zero-order valence-corrected chi connectivity index (χ0v) is 11.9. The minimum absolute atomic E-state index is 0.0317. The fraction of sp³-hybridized carbons (Fsp3) is 0.500. The largest absolute Gasteiger partial charge is 0.694 e. The molecule has 22 heavy (non-hydrogen) atoms. The summed E-state index contributed by atoms with van der Waals surface area (Å²) in [6.45, 7) is -0.355. The summed E-state index contributed by atoms with van der Waals surface area (Å²) in [5.74, 6) is -0.0915. The molecule has 12 heteroatoms. The summed E-state index contributed by atoms with van der Waals surface area (Å²) in [6.07, 6.45) is -1.88. The van der Waals surface area contributed by atoms with Gasteiger partial charge >= 0.3 is 8.25 Å². The Labute approximate surface area is 123 Å². The summed E-state index contributed by atoms with van der Waals surface area (Å²) >= 11 is 0. The molecule has 0 bridgehead atoms. The lowest BCUT2D eigenvalue weighted by Gasteiger charge is -2.13. The Morgan fingerprint density at radius 2 is 2.45 bits per heavy atom.